The van der Waals surface area contributed by atoms with Gasteiger partial charge < -0.3 is 15.0 Å². The lowest BCUT2D eigenvalue weighted by atomic mass is 10.2. The number of aromatic amines is 1. The van der Waals surface area contributed by atoms with Crippen LogP contribution in [-0.4, -0.2) is 57.4 Å². The minimum absolute atomic E-state index is 0.149. The number of H-pyrrole nitrogens is 1. The number of pyridine rings is 1. The van der Waals surface area contributed by atoms with Crippen molar-refractivity contribution in [3.63, 3.8) is 0 Å². The molecule has 2 N–H and O–H groups in total. The number of hydrogen-bond acceptors (Lipinski definition) is 7. The Kier molecular flexibility index (Phi) is 5.51. The number of anilines is 1. The molecule has 1 atom stereocenters. The summed E-state index contributed by atoms with van der Waals surface area (Å²) in [7, 11) is 0. The van der Waals surface area contributed by atoms with Crippen LogP contribution >= 0.6 is 0 Å². The van der Waals surface area contributed by atoms with E-state index in [1.807, 2.05) is 29.2 Å². The van der Waals surface area contributed by atoms with E-state index in [1.165, 1.54) is 0 Å². The molecule has 0 amide bonds. The molecule has 1 unspecified atom stereocenters. The van der Waals surface area contributed by atoms with Crippen LogP contribution in [0.25, 0.3) is 10.9 Å². The number of aliphatic hydroxyl groups excluding tert-OH is 1. The molecule has 1 fully saturated rings. The van der Waals surface area contributed by atoms with E-state index in [0.29, 0.717) is 48.2 Å². The Balaban J connectivity index is 1.32. The van der Waals surface area contributed by atoms with Crippen LogP contribution in [0.2, 0.25) is 0 Å². The first-order valence-electron chi connectivity index (χ1n) is 9.65. The summed E-state index contributed by atoms with van der Waals surface area (Å²) >= 11 is 0. The Bertz CT molecular complexity index is 1080. The lowest BCUT2D eigenvalue weighted by Gasteiger charge is -2.37. The summed E-state index contributed by atoms with van der Waals surface area (Å²) < 4.78 is 0. The average molecular weight is 390 g/mol. The third-order valence-electron chi connectivity index (χ3n) is 5.24. The largest absolute Gasteiger partial charge is 0.378 e. The first-order chi connectivity index (χ1) is 14.1. The Labute approximate surface area is 168 Å². The van der Waals surface area contributed by atoms with E-state index in [2.05, 4.69) is 25.9 Å². The van der Waals surface area contributed by atoms with Crippen LogP contribution in [0.5, 0.6) is 0 Å². The normalized spacial score (nSPS) is 15.9. The lowest BCUT2D eigenvalue weighted by Crippen LogP contribution is -2.50. The zero-order valence-corrected chi connectivity index (χ0v) is 16.0. The van der Waals surface area contributed by atoms with Gasteiger partial charge in [0.05, 0.1) is 16.5 Å². The molecule has 3 heterocycles. The summed E-state index contributed by atoms with van der Waals surface area (Å²) in [5, 5.41) is 20.0. The number of aryl methyl sites for hydroxylation is 1. The second kappa shape index (κ2) is 8.39. The Hall–Kier alpha value is -3.28. The zero-order valence-electron chi connectivity index (χ0n) is 16.0. The van der Waals surface area contributed by atoms with E-state index in [4.69, 9.17) is 5.26 Å². The number of benzene rings is 1. The number of rotatable bonds is 5. The van der Waals surface area contributed by atoms with Crippen molar-refractivity contribution in [1.29, 1.82) is 5.26 Å². The minimum atomic E-state index is -0.595. The topological polar surface area (TPSA) is 109 Å². The van der Waals surface area contributed by atoms with Crippen LogP contribution in [0.3, 0.4) is 0 Å². The first kappa shape index (κ1) is 19.1. The molecule has 0 radical (unpaired) electrons. The highest BCUT2D eigenvalue weighted by Crippen LogP contribution is 2.16. The molecule has 2 aromatic heterocycles. The first-order valence-corrected chi connectivity index (χ1v) is 9.65. The highest BCUT2D eigenvalue weighted by Gasteiger charge is 2.23. The minimum Gasteiger partial charge on any atom is -0.378 e. The highest BCUT2D eigenvalue weighted by molar-refractivity contribution is 5.77. The van der Waals surface area contributed by atoms with E-state index in [-0.39, 0.29) is 5.56 Å². The van der Waals surface area contributed by atoms with Crippen molar-refractivity contribution in [3.8, 4) is 6.07 Å². The van der Waals surface area contributed by atoms with Crippen LogP contribution in [0.15, 0.2) is 47.4 Å². The molecule has 0 aliphatic carbocycles. The fraction of sp³-hybridized carbons (Fsp3) is 0.333. The van der Waals surface area contributed by atoms with Crippen LogP contribution in [-0.2, 0) is 6.42 Å². The molecule has 0 spiro atoms. The highest BCUT2D eigenvalue weighted by atomic mass is 16.3. The number of nitrogens with one attached hydrogen (secondary N) is 1. The molecule has 8 nitrogen and oxygen atoms in total. The third kappa shape index (κ3) is 4.26. The predicted molar refractivity (Wildman–Crippen MR) is 109 cm³/mol. The second-order valence-corrected chi connectivity index (χ2v) is 7.09. The van der Waals surface area contributed by atoms with Crippen molar-refractivity contribution in [2.24, 2.45) is 0 Å². The number of hydrogen-bond donors (Lipinski definition) is 2. The molecule has 0 bridgehead atoms. The molecule has 1 aliphatic heterocycles. The van der Waals surface area contributed by atoms with Crippen molar-refractivity contribution in [2.45, 2.75) is 19.1 Å². The van der Waals surface area contributed by atoms with E-state index in [1.54, 1.807) is 18.3 Å². The third-order valence-corrected chi connectivity index (χ3v) is 5.24. The summed E-state index contributed by atoms with van der Waals surface area (Å²) in [6.07, 6.45) is 1.98. The van der Waals surface area contributed by atoms with Crippen molar-refractivity contribution >= 4 is 16.7 Å². The Morgan fingerprint density at radius 1 is 1.17 bits per heavy atom. The summed E-state index contributed by atoms with van der Waals surface area (Å²) in [6.45, 7) is 2.93. The number of para-hydroxylation sites is 1. The molecule has 1 aromatic carbocycles. The molecule has 1 saturated heterocycles. The van der Waals surface area contributed by atoms with Crippen molar-refractivity contribution in [3.05, 3.63) is 64.3 Å². The molecule has 3 aromatic rings. The molecular formula is C21H22N6O2. The van der Waals surface area contributed by atoms with Gasteiger partial charge in [0.1, 0.15) is 23.9 Å². The molecular weight excluding hydrogens is 368 g/mol. The van der Waals surface area contributed by atoms with E-state index >= 15 is 0 Å². The van der Waals surface area contributed by atoms with Gasteiger partial charge in [-0.3, -0.25) is 9.69 Å². The van der Waals surface area contributed by atoms with Gasteiger partial charge >= 0.3 is 0 Å². The molecule has 29 heavy (non-hydrogen) atoms. The standard InChI is InChI=1S/C21H22N6O2/c22-13-15-5-7-19(23-14-15)26-9-11-27(12-10-26)20(28)8-6-18-24-17-4-2-1-3-16(17)21(29)25-18/h1-5,7,14,20,28H,6,8-12H2,(H,24,25,29). The summed E-state index contributed by atoms with van der Waals surface area (Å²) in [5.74, 6) is 1.43. The van der Waals surface area contributed by atoms with Gasteiger partial charge in [-0.25, -0.2) is 9.97 Å². The van der Waals surface area contributed by atoms with E-state index in [0.717, 1.165) is 18.9 Å². The monoisotopic (exact) mass is 390 g/mol. The van der Waals surface area contributed by atoms with Gasteiger partial charge in [-0.1, -0.05) is 12.1 Å². The second-order valence-electron chi connectivity index (χ2n) is 7.09. The van der Waals surface area contributed by atoms with Gasteiger partial charge in [0, 0.05) is 38.8 Å². The van der Waals surface area contributed by atoms with Crippen molar-refractivity contribution < 1.29 is 5.11 Å². The number of nitriles is 1. The average Bonchev–Trinajstić information content (AvgIpc) is 2.78. The molecule has 8 heteroatoms. The quantitative estimate of drug-likeness (QED) is 0.675. The molecule has 0 saturated carbocycles. The maximum atomic E-state index is 12.2. The Morgan fingerprint density at radius 3 is 2.69 bits per heavy atom. The molecule has 4 rings (SSSR count). The maximum Gasteiger partial charge on any atom is 0.258 e. The maximum absolute atomic E-state index is 12.2. The fourth-order valence-corrected chi connectivity index (χ4v) is 3.59. The van der Waals surface area contributed by atoms with Crippen molar-refractivity contribution in [1.82, 2.24) is 19.9 Å². The van der Waals surface area contributed by atoms with Gasteiger partial charge in [0.25, 0.3) is 5.56 Å². The van der Waals surface area contributed by atoms with Crippen molar-refractivity contribution in [2.75, 3.05) is 31.1 Å². The van der Waals surface area contributed by atoms with E-state index < -0.39 is 6.23 Å². The van der Waals surface area contributed by atoms with Crippen LogP contribution < -0.4 is 10.5 Å². The smallest absolute Gasteiger partial charge is 0.258 e. The summed E-state index contributed by atoms with van der Waals surface area (Å²) in [4.78, 5) is 28.0. The SMILES string of the molecule is N#Cc1ccc(N2CCN(C(O)CCc3nc4ccccc4c(=O)[nH]3)CC2)nc1. The molecule has 1 aliphatic rings. The van der Waals surface area contributed by atoms with Gasteiger partial charge in [-0.05, 0) is 30.7 Å². The summed E-state index contributed by atoms with van der Waals surface area (Å²) in [5.41, 5.74) is 1.07. The van der Waals surface area contributed by atoms with Crippen LogP contribution in [0.4, 0.5) is 5.82 Å². The number of aliphatic hydroxyl groups is 1. The summed E-state index contributed by atoms with van der Waals surface area (Å²) in [6, 6.07) is 12.9. The number of aromatic nitrogens is 3. The number of nitrogens with zero attached hydrogens (tertiary/aromatic N) is 5. The van der Waals surface area contributed by atoms with Gasteiger partial charge in [0.2, 0.25) is 0 Å². The van der Waals surface area contributed by atoms with Gasteiger partial charge in [0.15, 0.2) is 0 Å². The van der Waals surface area contributed by atoms with Gasteiger partial charge in [-0.2, -0.15) is 5.26 Å². The van der Waals surface area contributed by atoms with Crippen LogP contribution in [0, 0.1) is 11.3 Å². The van der Waals surface area contributed by atoms with E-state index in [9.17, 15) is 9.90 Å². The van der Waals surface area contributed by atoms with Crippen LogP contribution in [0.1, 0.15) is 17.8 Å². The zero-order chi connectivity index (χ0) is 20.2. The predicted octanol–water partition coefficient (Wildman–Crippen LogP) is 1.26. The Morgan fingerprint density at radius 2 is 1.97 bits per heavy atom. The fourth-order valence-electron chi connectivity index (χ4n) is 3.59. The lowest BCUT2D eigenvalue weighted by molar-refractivity contribution is -0.00557. The number of fused-ring (bicyclic) bond motifs is 1. The molecule has 148 valence electrons. The van der Waals surface area contributed by atoms with Gasteiger partial charge in [-0.15, -0.1) is 0 Å². The number of piperazine rings is 1.